The van der Waals surface area contributed by atoms with Gasteiger partial charge in [0.15, 0.2) is 5.78 Å². The van der Waals surface area contributed by atoms with E-state index in [0.29, 0.717) is 12.8 Å². The van der Waals surface area contributed by atoms with Crippen molar-refractivity contribution in [2.75, 3.05) is 14.2 Å². The SMILES string of the molecule is COC(=O)C(C(=O)OC)C(=O)C1(n2cccc2)CCC1. The van der Waals surface area contributed by atoms with Crippen molar-refractivity contribution in [1.82, 2.24) is 4.57 Å². The standard InChI is InChI=1S/C14H17NO5/c1-19-12(17)10(13(18)20-2)11(16)14(6-5-7-14)15-8-3-4-9-15/h3-4,8-10H,5-7H2,1-2H3. The maximum Gasteiger partial charge on any atom is 0.327 e. The molecule has 1 aliphatic rings. The van der Waals surface area contributed by atoms with Crippen LogP contribution in [0.3, 0.4) is 0 Å². The zero-order valence-corrected chi connectivity index (χ0v) is 11.5. The lowest BCUT2D eigenvalue weighted by atomic mass is 9.70. The summed E-state index contributed by atoms with van der Waals surface area (Å²) in [6.07, 6.45) is 5.61. The van der Waals surface area contributed by atoms with Gasteiger partial charge in [0.2, 0.25) is 5.92 Å². The smallest absolute Gasteiger partial charge is 0.327 e. The van der Waals surface area contributed by atoms with Crippen LogP contribution >= 0.6 is 0 Å². The highest BCUT2D eigenvalue weighted by atomic mass is 16.5. The van der Waals surface area contributed by atoms with Gasteiger partial charge >= 0.3 is 11.9 Å². The summed E-state index contributed by atoms with van der Waals surface area (Å²) in [4.78, 5) is 36.2. The summed E-state index contributed by atoms with van der Waals surface area (Å²) in [6, 6.07) is 3.61. The van der Waals surface area contributed by atoms with Crippen LogP contribution in [-0.4, -0.2) is 36.5 Å². The first-order chi connectivity index (χ1) is 9.56. The predicted octanol–water partition coefficient (Wildman–Crippen LogP) is 0.899. The molecule has 0 atom stereocenters. The number of aromatic nitrogens is 1. The molecular formula is C14H17NO5. The van der Waals surface area contributed by atoms with Gasteiger partial charge in [-0.05, 0) is 31.4 Å². The van der Waals surface area contributed by atoms with E-state index in [0.717, 1.165) is 20.6 Å². The molecule has 1 heterocycles. The Morgan fingerprint density at radius 1 is 1.05 bits per heavy atom. The molecule has 6 heteroatoms. The summed E-state index contributed by atoms with van der Waals surface area (Å²) in [6.45, 7) is 0. The number of hydrogen-bond donors (Lipinski definition) is 0. The third-order valence-electron chi connectivity index (χ3n) is 3.87. The summed E-state index contributed by atoms with van der Waals surface area (Å²) in [5.74, 6) is -3.73. The molecule has 0 aliphatic heterocycles. The molecule has 108 valence electrons. The summed E-state index contributed by atoms with van der Waals surface area (Å²) >= 11 is 0. The highest BCUT2D eigenvalue weighted by Crippen LogP contribution is 2.42. The van der Waals surface area contributed by atoms with Crippen LogP contribution in [0.25, 0.3) is 0 Å². The maximum atomic E-state index is 12.7. The van der Waals surface area contributed by atoms with E-state index >= 15 is 0 Å². The first-order valence-corrected chi connectivity index (χ1v) is 6.40. The lowest BCUT2D eigenvalue weighted by Gasteiger charge is -2.42. The van der Waals surface area contributed by atoms with Crippen LogP contribution in [0.5, 0.6) is 0 Å². The fourth-order valence-corrected chi connectivity index (χ4v) is 2.58. The first kappa shape index (κ1) is 14.3. The van der Waals surface area contributed by atoms with Gasteiger partial charge in [0, 0.05) is 12.4 Å². The summed E-state index contributed by atoms with van der Waals surface area (Å²) in [7, 11) is 2.29. The minimum Gasteiger partial charge on any atom is -0.468 e. The maximum absolute atomic E-state index is 12.7. The first-order valence-electron chi connectivity index (χ1n) is 6.40. The van der Waals surface area contributed by atoms with Crippen molar-refractivity contribution in [3.05, 3.63) is 24.5 Å². The van der Waals surface area contributed by atoms with Crippen LogP contribution in [0, 0.1) is 5.92 Å². The minimum atomic E-state index is -1.52. The van der Waals surface area contributed by atoms with Gasteiger partial charge in [-0.3, -0.25) is 14.4 Å². The Bertz CT molecular complexity index is 500. The van der Waals surface area contributed by atoms with Crippen molar-refractivity contribution in [3.63, 3.8) is 0 Å². The fraction of sp³-hybridized carbons (Fsp3) is 0.500. The van der Waals surface area contributed by atoms with E-state index in [9.17, 15) is 14.4 Å². The molecule has 0 saturated heterocycles. The van der Waals surface area contributed by atoms with Crippen LogP contribution in [-0.2, 0) is 29.4 Å². The monoisotopic (exact) mass is 279 g/mol. The van der Waals surface area contributed by atoms with Gasteiger partial charge in [-0.1, -0.05) is 0 Å². The third-order valence-corrected chi connectivity index (χ3v) is 3.87. The van der Waals surface area contributed by atoms with Gasteiger partial charge in [0.1, 0.15) is 5.54 Å². The van der Waals surface area contributed by atoms with E-state index in [1.165, 1.54) is 0 Å². The summed E-state index contributed by atoms with van der Waals surface area (Å²) in [5, 5.41) is 0. The zero-order valence-electron chi connectivity index (χ0n) is 11.5. The largest absolute Gasteiger partial charge is 0.468 e. The number of hydrogen-bond acceptors (Lipinski definition) is 5. The Morgan fingerprint density at radius 2 is 1.55 bits per heavy atom. The molecule has 0 bridgehead atoms. The number of nitrogens with zero attached hydrogens (tertiary/aromatic N) is 1. The number of ketones is 1. The molecule has 0 N–H and O–H groups in total. The fourth-order valence-electron chi connectivity index (χ4n) is 2.58. The van der Waals surface area contributed by atoms with Gasteiger partial charge < -0.3 is 14.0 Å². The van der Waals surface area contributed by atoms with Crippen molar-refractivity contribution in [3.8, 4) is 0 Å². The van der Waals surface area contributed by atoms with Crippen LogP contribution < -0.4 is 0 Å². The molecule has 2 rings (SSSR count). The van der Waals surface area contributed by atoms with Crippen LogP contribution in [0.1, 0.15) is 19.3 Å². The highest BCUT2D eigenvalue weighted by Gasteiger charge is 2.52. The Morgan fingerprint density at radius 3 is 1.90 bits per heavy atom. The summed E-state index contributed by atoms with van der Waals surface area (Å²) < 4.78 is 10.9. The van der Waals surface area contributed by atoms with Crippen LogP contribution in [0.4, 0.5) is 0 Å². The van der Waals surface area contributed by atoms with Crippen molar-refractivity contribution in [2.24, 2.45) is 5.92 Å². The van der Waals surface area contributed by atoms with Crippen LogP contribution in [0.2, 0.25) is 0 Å². The van der Waals surface area contributed by atoms with Gasteiger partial charge in [-0.15, -0.1) is 0 Å². The van der Waals surface area contributed by atoms with Crippen molar-refractivity contribution in [1.29, 1.82) is 0 Å². The molecule has 1 aliphatic carbocycles. The van der Waals surface area contributed by atoms with Crippen molar-refractivity contribution >= 4 is 17.7 Å². The van der Waals surface area contributed by atoms with Crippen molar-refractivity contribution in [2.45, 2.75) is 24.8 Å². The lowest BCUT2D eigenvalue weighted by Crippen LogP contribution is -2.53. The minimum absolute atomic E-state index is 0.460. The number of ether oxygens (including phenoxy) is 2. The molecule has 0 aromatic carbocycles. The van der Waals surface area contributed by atoms with E-state index in [1.807, 2.05) is 0 Å². The Labute approximate surface area is 116 Å². The number of carbonyl (C=O) groups excluding carboxylic acids is 3. The normalized spacial score (nSPS) is 16.4. The Kier molecular flexibility index (Phi) is 3.92. The Hall–Kier alpha value is -2.11. The number of rotatable bonds is 5. The third kappa shape index (κ3) is 2.11. The number of methoxy groups -OCH3 is 2. The molecule has 0 radical (unpaired) electrons. The van der Waals surface area contributed by atoms with Gasteiger partial charge in [-0.25, -0.2) is 0 Å². The Balaban J connectivity index is 2.35. The van der Waals surface area contributed by atoms with E-state index in [4.69, 9.17) is 0 Å². The summed E-state index contributed by atoms with van der Waals surface area (Å²) in [5.41, 5.74) is -0.837. The molecule has 0 spiro atoms. The van der Waals surface area contributed by atoms with E-state index < -0.39 is 29.2 Å². The molecular weight excluding hydrogens is 262 g/mol. The van der Waals surface area contributed by atoms with E-state index in [2.05, 4.69) is 9.47 Å². The highest BCUT2D eigenvalue weighted by molar-refractivity contribution is 6.17. The molecule has 1 fully saturated rings. The van der Waals surface area contributed by atoms with Crippen LogP contribution in [0.15, 0.2) is 24.5 Å². The second-order valence-corrected chi connectivity index (χ2v) is 4.82. The molecule has 0 unspecified atom stereocenters. The number of Topliss-reactive ketones (excluding diaryl/α,β-unsaturated/α-hetero) is 1. The van der Waals surface area contributed by atoms with Gasteiger partial charge in [-0.2, -0.15) is 0 Å². The number of carbonyl (C=O) groups is 3. The van der Waals surface area contributed by atoms with Gasteiger partial charge in [0.25, 0.3) is 0 Å². The predicted molar refractivity (Wildman–Crippen MR) is 68.8 cm³/mol. The molecule has 1 saturated carbocycles. The molecule has 1 aromatic rings. The van der Waals surface area contributed by atoms with Crippen molar-refractivity contribution < 1.29 is 23.9 Å². The van der Waals surface area contributed by atoms with Gasteiger partial charge in [0.05, 0.1) is 14.2 Å². The molecule has 6 nitrogen and oxygen atoms in total. The lowest BCUT2D eigenvalue weighted by molar-refractivity contribution is -0.165. The topological polar surface area (TPSA) is 74.6 Å². The van der Waals surface area contributed by atoms with E-state index in [1.54, 1.807) is 29.1 Å². The second kappa shape index (κ2) is 5.48. The average Bonchev–Trinajstić information content (AvgIpc) is 2.91. The second-order valence-electron chi connectivity index (χ2n) is 4.82. The quantitative estimate of drug-likeness (QED) is 0.591. The average molecular weight is 279 g/mol. The number of esters is 2. The van der Waals surface area contributed by atoms with E-state index in [-0.39, 0.29) is 0 Å². The molecule has 20 heavy (non-hydrogen) atoms. The molecule has 0 amide bonds. The zero-order chi connectivity index (χ0) is 14.8. The molecule has 1 aromatic heterocycles.